The molecule has 3 rings (SSSR count). The summed E-state index contributed by atoms with van der Waals surface area (Å²) < 4.78 is 4.28. The van der Waals surface area contributed by atoms with Gasteiger partial charge >= 0.3 is 0 Å². The average molecular weight is 238 g/mol. The van der Waals surface area contributed by atoms with Crippen LogP contribution in [0, 0.1) is 0 Å². The maximum Gasteiger partial charge on any atom is 0.142 e. The van der Waals surface area contributed by atoms with Gasteiger partial charge in [-0.15, -0.1) is 0 Å². The Balaban J connectivity index is 1.74. The summed E-state index contributed by atoms with van der Waals surface area (Å²) in [5.41, 5.74) is 7.22. The number of likely N-dealkylation sites (N-methyl/N-ethyl adjacent to an activating group) is 1. The van der Waals surface area contributed by atoms with Crippen LogP contribution in [0.15, 0.2) is 0 Å². The SMILES string of the molecule is CN1CCC(Nc2snc(N)c2C2CC2)C1. The van der Waals surface area contributed by atoms with Gasteiger partial charge in [0.15, 0.2) is 0 Å². The smallest absolute Gasteiger partial charge is 0.142 e. The third kappa shape index (κ3) is 1.89. The molecule has 0 amide bonds. The van der Waals surface area contributed by atoms with Gasteiger partial charge in [-0.05, 0) is 50.3 Å². The number of nitrogens with zero attached hydrogens (tertiary/aromatic N) is 2. The summed E-state index contributed by atoms with van der Waals surface area (Å²) in [5, 5.41) is 4.84. The van der Waals surface area contributed by atoms with Crippen LogP contribution in [0.1, 0.15) is 30.7 Å². The van der Waals surface area contributed by atoms with Gasteiger partial charge in [-0.1, -0.05) is 0 Å². The van der Waals surface area contributed by atoms with Crippen LogP contribution in [-0.2, 0) is 0 Å². The fourth-order valence-electron chi connectivity index (χ4n) is 2.42. The molecule has 1 saturated carbocycles. The predicted octanol–water partition coefficient (Wildman–Crippen LogP) is 1.72. The van der Waals surface area contributed by atoms with Crippen LogP contribution in [0.3, 0.4) is 0 Å². The van der Waals surface area contributed by atoms with E-state index in [1.165, 1.54) is 47.9 Å². The maximum absolute atomic E-state index is 5.93. The van der Waals surface area contributed by atoms with Crippen LogP contribution in [-0.4, -0.2) is 35.5 Å². The van der Waals surface area contributed by atoms with Crippen molar-refractivity contribution >= 4 is 22.4 Å². The number of aromatic nitrogens is 1. The molecule has 0 bridgehead atoms. The Labute approximate surface area is 100.0 Å². The lowest BCUT2D eigenvalue weighted by Crippen LogP contribution is -2.23. The maximum atomic E-state index is 5.93. The lowest BCUT2D eigenvalue weighted by molar-refractivity contribution is 0.414. The Kier molecular flexibility index (Phi) is 2.52. The van der Waals surface area contributed by atoms with Crippen molar-refractivity contribution in [3.63, 3.8) is 0 Å². The van der Waals surface area contributed by atoms with E-state index in [2.05, 4.69) is 21.6 Å². The lowest BCUT2D eigenvalue weighted by Gasteiger charge is -2.13. The van der Waals surface area contributed by atoms with E-state index in [4.69, 9.17) is 5.73 Å². The Morgan fingerprint density at radius 3 is 2.88 bits per heavy atom. The van der Waals surface area contributed by atoms with E-state index in [1.54, 1.807) is 0 Å². The van der Waals surface area contributed by atoms with Crippen molar-refractivity contribution in [1.29, 1.82) is 0 Å². The molecule has 4 nitrogen and oxygen atoms in total. The van der Waals surface area contributed by atoms with Crippen molar-refractivity contribution in [2.45, 2.75) is 31.2 Å². The van der Waals surface area contributed by atoms with Crippen molar-refractivity contribution in [3.8, 4) is 0 Å². The van der Waals surface area contributed by atoms with E-state index in [0.717, 1.165) is 12.4 Å². The minimum absolute atomic E-state index is 0.572. The largest absolute Gasteiger partial charge is 0.383 e. The second-order valence-electron chi connectivity index (χ2n) is 4.98. The molecular weight excluding hydrogens is 220 g/mol. The quantitative estimate of drug-likeness (QED) is 0.842. The zero-order chi connectivity index (χ0) is 11.1. The highest BCUT2D eigenvalue weighted by atomic mass is 32.1. The molecule has 88 valence electrons. The molecule has 2 fully saturated rings. The molecule has 1 aliphatic heterocycles. The van der Waals surface area contributed by atoms with Crippen LogP contribution >= 0.6 is 11.5 Å². The summed E-state index contributed by atoms with van der Waals surface area (Å²) in [6.45, 7) is 2.31. The van der Waals surface area contributed by atoms with Crippen LogP contribution in [0.25, 0.3) is 0 Å². The van der Waals surface area contributed by atoms with Gasteiger partial charge in [0, 0.05) is 18.2 Å². The minimum Gasteiger partial charge on any atom is -0.383 e. The number of rotatable bonds is 3. The van der Waals surface area contributed by atoms with Crippen molar-refractivity contribution in [2.75, 3.05) is 31.2 Å². The van der Waals surface area contributed by atoms with Crippen LogP contribution in [0.4, 0.5) is 10.8 Å². The Morgan fingerprint density at radius 1 is 1.44 bits per heavy atom. The first-order valence-electron chi connectivity index (χ1n) is 5.94. The summed E-state index contributed by atoms with van der Waals surface area (Å²) in [5.74, 6) is 1.43. The van der Waals surface area contributed by atoms with Crippen LogP contribution in [0.5, 0.6) is 0 Å². The predicted molar refractivity (Wildman–Crippen MR) is 68.0 cm³/mol. The lowest BCUT2D eigenvalue weighted by atomic mass is 10.2. The zero-order valence-electron chi connectivity index (χ0n) is 9.57. The minimum atomic E-state index is 0.572. The summed E-state index contributed by atoms with van der Waals surface area (Å²) in [6.07, 6.45) is 3.78. The summed E-state index contributed by atoms with van der Waals surface area (Å²) >= 11 is 1.53. The van der Waals surface area contributed by atoms with E-state index in [1.807, 2.05) is 0 Å². The number of anilines is 2. The Bertz CT molecular complexity index is 385. The van der Waals surface area contributed by atoms with E-state index in [-0.39, 0.29) is 0 Å². The highest BCUT2D eigenvalue weighted by molar-refractivity contribution is 7.10. The monoisotopic (exact) mass is 238 g/mol. The molecule has 1 atom stereocenters. The molecule has 0 aromatic carbocycles. The highest BCUT2D eigenvalue weighted by Gasteiger charge is 2.31. The first kappa shape index (κ1) is 10.4. The number of nitrogens with one attached hydrogen (secondary N) is 1. The molecule has 1 aliphatic carbocycles. The van der Waals surface area contributed by atoms with E-state index >= 15 is 0 Å². The number of nitrogen functional groups attached to an aromatic ring is 1. The van der Waals surface area contributed by atoms with Gasteiger partial charge < -0.3 is 16.0 Å². The summed E-state index contributed by atoms with van der Waals surface area (Å²) in [4.78, 5) is 2.36. The average Bonchev–Trinajstić information content (AvgIpc) is 2.91. The van der Waals surface area contributed by atoms with Gasteiger partial charge in [0.1, 0.15) is 10.8 Å². The molecule has 1 aromatic rings. The fraction of sp³-hybridized carbons (Fsp3) is 0.727. The van der Waals surface area contributed by atoms with Crippen LogP contribution in [0.2, 0.25) is 0 Å². The number of likely N-dealkylation sites (tertiary alicyclic amines) is 1. The third-order valence-corrected chi connectivity index (χ3v) is 4.28. The second kappa shape index (κ2) is 3.89. The summed E-state index contributed by atoms with van der Waals surface area (Å²) in [6, 6.07) is 0.572. The molecular formula is C11H18N4S. The molecule has 2 heterocycles. The van der Waals surface area contributed by atoms with E-state index in [0.29, 0.717) is 12.0 Å². The van der Waals surface area contributed by atoms with Crippen molar-refractivity contribution < 1.29 is 0 Å². The van der Waals surface area contributed by atoms with E-state index < -0.39 is 0 Å². The van der Waals surface area contributed by atoms with Crippen molar-refractivity contribution in [1.82, 2.24) is 9.27 Å². The molecule has 5 heteroatoms. The molecule has 0 spiro atoms. The highest BCUT2D eigenvalue weighted by Crippen LogP contribution is 2.47. The van der Waals surface area contributed by atoms with Crippen LogP contribution < -0.4 is 11.1 Å². The fourth-order valence-corrected chi connectivity index (χ4v) is 3.30. The molecule has 3 N–H and O–H groups in total. The molecule has 1 saturated heterocycles. The normalized spacial score (nSPS) is 26.2. The third-order valence-electron chi connectivity index (χ3n) is 3.47. The van der Waals surface area contributed by atoms with Gasteiger partial charge in [0.2, 0.25) is 0 Å². The van der Waals surface area contributed by atoms with Gasteiger partial charge in [-0.3, -0.25) is 0 Å². The zero-order valence-corrected chi connectivity index (χ0v) is 10.4. The standard InChI is InChI=1S/C11H18N4S/c1-15-5-4-8(6-15)13-11-9(7-2-3-7)10(12)14-16-11/h7-8,13H,2-6H2,1H3,(H2,12,14). The number of nitrogens with two attached hydrogens (primary N) is 1. The summed E-state index contributed by atoms with van der Waals surface area (Å²) in [7, 11) is 2.17. The van der Waals surface area contributed by atoms with Gasteiger partial charge in [-0.2, -0.15) is 4.37 Å². The van der Waals surface area contributed by atoms with Gasteiger partial charge in [0.25, 0.3) is 0 Å². The first-order chi connectivity index (χ1) is 7.74. The van der Waals surface area contributed by atoms with Crippen molar-refractivity contribution in [2.24, 2.45) is 0 Å². The topological polar surface area (TPSA) is 54.2 Å². The van der Waals surface area contributed by atoms with Crippen molar-refractivity contribution in [3.05, 3.63) is 5.56 Å². The van der Waals surface area contributed by atoms with Gasteiger partial charge in [0.05, 0.1) is 0 Å². The van der Waals surface area contributed by atoms with Gasteiger partial charge in [-0.25, -0.2) is 0 Å². The Morgan fingerprint density at radius 2 is 2.25 bits per heavy atom. The number of hydrogen-bond acceptors (Lipinski definition) is 5. The molecule has 16 heavy (non-hydrogen) atoms. The molecule has 1 aromatic heterocycles. The molecule has 0 radical (unpaired) electrons. The van der Waals surface area contributed by atoms with E-state index in [9.17, 15) is 0 Å². The number of hydrogen-bond donors (Lipinski definition) is 2. The first-order valence-corrected chi connectivity index (χ1v) is 6.71. The Hall–Kier alpha value is -0.810. The second-order valence-corrected chi connectivity index (χ2v) is 5.75. The molecule has 2 aliphatic rings. The molecule has 1 unspecified atom stereocenters.